The van der Waals surface area contributed by atoms with Crippen LogP contribution < -0.4 is 5.32 Å². The van der Waals surface area contributed by atoms with Gasteiger partial charge in [0.05, 0.1) is 12.2 Å². The molecule has 0 aliphatic rings. The Morgan fingerprint density at radius 3 is 2.62 bits per heavy atom. The van der Waals surface area contributed by atoms with E-state index in [-0.39, 0.29) is 11.7 Å². The number of amides is 1. The zero-order valence-electron chi connectivity index (χ0n) is 12.2. The monoisotopic (exact) mass is 285 g/mol. The Morgan fingerprint density at radius 1 is 1.19 bits per heavy atom. The summed E-state index contributed by atoms with van der Waals surface area (Å²) in [4.78, 5) is 12.2. The summed E-state index contributed by atoms with van der Waals surface area (Å²) < 4.78 is 5.14. The lowest BCUT2D eigenvalue weighted by Gasteiger charge is -2.11. The minimum atomic E-state index is -0.289. The van der Waals surface area contributed by atoms with Gasteiger partial charge in [-0.3, -0.25) is 4.79 Å². The summed E-state index contributed by atoms with van der Waals surface area (Å²) in [5.74, 6) is -0.299. The average Bonchev–Trinajstić information content (AvgIpc) is 2.49. The summed E-state index contributed by atoms with van der Waals surface area (Å²) in [6.07, 6.45) is 0. The number of rotatable bonds is 5. The van der Waals surface area contributed by atoms with Gasteiger partial charge in [-0.1, -0.05) is 35.9 Å². The lowest BCUT2D eigenvalue weighted by atomic mass is 10.1. The number of aromatic hydroxyl groups is 1. The molecule has 2 aromatic carbocycles. The molecule has 0 saturated heterocycles. The van der Waals surface area contributed by atoms with E-state index < -0.39 is 0 Å². The van der Waals surface area contributed by atoms with Crippen LogP contribution in [0, 0.1) is 6.92 Å². The fourth-order valence-electron chi connectivity index (χ4n) is 2.13. The van der Waals surface area contributed by atoms with Gasteiger partial charge in [-0.05, 0) is 30.2 Å². The molecule has 110 valence electrons. The number of phenolic OH excluding ortho intramolecular Hbond substituents is 1. The van der Waals surface area contributed by atoms with Crippen LogP contribution in [-0.4, -0.2) is 18.1 Å². The van der Waals surface area contributed by atoms with Gasteiger partial charge in [-0.25, -0.2) is 0 Å². The van der Waals surface area contributed by atoms with Gasteiger partial charge in [0.2, 0.25) is 0 Å². The first kappa shape index (κ1) is 15.1. The van der Waals surface area contributed by atoms with E-state index in [4.69, 9.17) is 4.74 Å². The van der Waals surface area contributed by atoms with Crippen molar-refractivity contribution in [2.75, 3.05) is 7.11 Å². The highest BCUT2D eigenvalue weighted by Gasteiger charge is 2.11. The van der Waals surface area contributed by atoms with Gasteiger partial charge >= 0.3 is 0 Å². The van der Waals surface area contributed by atoms with Crippen LogP contribution in [0.5, 0.6) is 5.75 Å². The maximum atomic E-state index is 12.2. The number of benzene rings is 2. The van der Waals surface area contributed by atoms with Gasteiger partial charge in [-0.2, -0.15) is 0 Å². The quantitative estimate of drug-likeness (QED) is 0.888. The molecule has 0 spiro atoms. The van der Waals surface area contributed by atoms with Crippen molar-refractivity contribution in [2.24, 2.45) is 0 Å². The van der Waals surface area contributed by atoms with E-state index in [0.29, 0.717) is 18.7 Å². The standard InChI is InChI=1S/C17H19NO3/c1-12-7-8-16(19)15(9-12)17(20)18-10-13-5-3-4-6-14(13)11-21-2/h3-9,19H,10-11H2,1-2H3,(H,18,20). The molecule has 2 aromatic rings. The number of methoxy groups -OCH3 is 1. The van der Waals surface area contributed by atoms with Crippen molar-refractivity contribution in [3.8, 4) is 5.75 Å². The third-order valence-electron chi connectivity index (χ3n) is 3.25. The maximum Gasteiger partial charge on any atom is 0.255 e. The molecule has 0 aromatic heterocycles. The molecule has 4 nitrogen and oxygen atoms in total. The van der Waals surface area contributed by atoms with Gasteiger partial charge < -0.3 is 15.2 Å². The van der Waals surface area contributed by atoms with E-state index in [1.807, 2.05) is 31.2 Å². The molecule has 0 aliphatic carbocycles. The minimum Gasteiger partial charge on any atom is -0.507 e. The van der Waals surface area contributed by atoms with Crippen LogP contribution >= 0.6 is 0 Å². The number of nitrogens with one attached hydrogen (secondary N) is 1. The highest BCUT2D eigenvalue weighted by Crippen LogP contribution is 2.18. The minimum absolute atomic E-state index is 0.0109. The van der Waals surface area contributed by atoms with Crippen LogP contribution in [0.4, 0.5) is 0 Å². The molecular formula is C17H19NO3. The van der Waals surface area contributed by atoms with Gasteiger partial charge in [0.25, 0.3) is 5.91 Å². The van der Waals surface area contributed by atoms with Crippen molar-refractivity contribution < 1.29 is 14.6 Å². The molecule has 1 amide bonds. The first-order valence-electron chi connectivity index (χ1n) is 6.75. The molecule has 0 unspecified atom stereocenters. The third kappa shape index (κ3) is 3.83. The average molecular weight is 285 g/mol. The van der Waals surface area contributed by atoms with E-state index >= 15 is 0 Å². The highest BCUT2D eigenvalue weighted by molar-refractivity contribution is 5.96. The van der Waals surface area contributed by atoms with Crippen LogP contribution in [0.15, 0.2) is 42.5 Å². The van der Waals surface area contributed by atoms with E-state index in [9.17, 15) is 9.90 Å². The predicted octanol–water partition coefficient (Wildman–Crippen LogP) is 2.78. The van der Waals surface area contributed by atoms with E-state index in [2.05, 4.69) is 5.32 Å². The number of phenols is 1. The van der Waals surface area contributed by atoms with Crippen molar-refractivity contribution in [1.29, 1.82) is 0 Å². The summed E-state index contributed by atoms with van der Waals surface area (Å²) in [6, 6.07) is 12.7. The van der Waals surface area contributed by atoms with Crippen LogP contribution in [0.2, 0.25) is 0 Å². The van der Waals surface area contributed by atoms with Gasteiger partial charge in [0.1, 0.15) is 5.75 Å². The molecule has 4 heteroatoms. The van der Waals surface area contributed by atoms with Gasteiger partial charge in [0, 0.05) is 13.7 Å². The highest BCUT2D eigenvalue weighted by atomic mass is 16.5. The zero-order chi connectivity index (χ0) is 15.2. The second-order valence-electron chi connectivity index (χ2n) is 4.91. The molecule has 2 N–H and O–H groups in total. The van der Waals surface area contributed by atoms with E-state index in [0.717, 1.165) is 16.7 Å². The molecule has 0 bridgehead atoms. The van der Waals surface area contributed by atoms with Crippen LogP contribution in [0.3, 0.4) is 0 Å². The summed E-state index contributed by atoms with van der Waals surface area (Å²) >= 11 is 0. The number of aryl methyl sites for hydroxylation is 1. The predicted molar refractivity (Wildman–Crippen MR) is 81.2 cm³/mol. The second kappa shape index (κ2) is 6.90. The summed E-state index contributed by atoms with van der Waals surface area (Å²) in [5, 5.41) is 12.6. The maximum absolute atomic E-state index is 12.2. The molecule has 0 heterocycles. The van der Waals surface area contributed by atoms with Gasteiger partial charge in [0.15, 0.2) is 0 Å². The first-order chi connectivity index (χ1) is 10.1. The van der Waals surface area contributed by atoms with Crippen molar-refractivity contribution >= 4 is 5.91 Å². The van der Waals surface area contributed by atoms with Crippen molar-refractivity contribution in [2.45, 2.75) is 20.1 Å². The number of hydrogen-bond acceptors (Lipinski definition) is 3. The molecule has 0 aliphatic heterocycles. The molecule has 0 radical (unpaired) electrons. The summed E-state index contributed by atoms with van der Waals surface area (Å²) in [5.41, 5.74) is 3.26. The van der Waals surface area contributed by atoms with Crippen molar-refractivity contribution in [1.82, 2.24) is 5.32 Å². The Morgan fingerprint density at radius 2 is 1.90 bits per heavy atom. The molecule has 0 saturated carbocycles. The largest absolute Gasteiger partial charge is 0.507 e. The number of hydrogen-bond donors (Lipinski definition) is 2. The van der Waals surface area contributed by atoms with Crippen molar-refractivity contribution in [3.05, 3.63) is 64.7 Å². The Kier molecular flexibility index (Phi) is 4.95. The fourth-order valence-corrected chi connectivity index (χ4v) is 2.13. The smallest absolute Gasteiger partial charge is 0.255 e. The first-order valence-corrected chi connectivity index (χ1v) is 6.75. The molecule has 2 rings (SSSR count). The zero-order valence-corrected chi connectivity index (χ0v) is 12.2. The van der Waals surface area contributed by atoms with Gasteiger partial charge in [-0.15, -0.1) is 0 Å². The normalized spacial score (nSPS) is 10.4. The molecule has 0 atom stereocenters. The Labute approximate surface area is 124 Å². The molecular weight excluding hydrogens is 266 g/mol. The summed E-state index contributed by atoms with van der Waals surface area (Å²) in [7, 11) is 1.64. The van der Waals surface area contributed by atoms with Crippen LogP contribution in [-0.2, 0) is 17.9 Å². The Bertz CT molecular complexity index is 638. The van der Waals surface area contributed by atoms with Crippen LogP contribution in [0.1, 0.15) is 27.0 Å². The molecule has 0 fully saturated rings. The van der Waals surface area contributed by atoms with E-state index in [1.54, 1.807) is 19.2 Å². The molecule has 21 heavy (non-hydrogen) atoms. The van der Waals surface area contributed by atoms with Crippen LogP contribution in [0.25, 0.3) is 0 Å². The number of carbonyl (C=O) groups is 1. The fraction of sp³-hybridized carbons (Fsp3) is 0.235. The third-order valence-corrected chi connectivity index (χ3v) is 3.25. The lowest BCUT2D eigenvalue weighted by molar-refractivity contribution is 0.0947. The Hall–Kier alpha value is -2.33. The lowest BCUT2D eigenvalue weighted by Crippen LogP contribution is -2.23. The van der Waals surface area contributed by atoms with Crippen molar-refractivity contribution in [3.63, 3.8) is 0 Å². The van der Waals surface area contributed by atoms with E-state index in [1.165, 1.54) is 6.07 Å². The SMILES string of the molecule is COCc1ccccc1CNC(=O)c1cc(C)ccc1O. The Balaban J connectivity index is 2.09. The second-order valence-corrected chi connectivity index (χ2v) is 4.91. The topological polar surface area (TPSA) is 58.6 Å². The summed E-state index contributed by atoms with van der Waals surface area (Å²) in [6.45, 7) is 2.78. The number of carbonyl (C=O) groups excluding carboxylic acids is 1. The number of ether oxygens (including phenoxy) is 1.